The number of likely N-dealkylation sites (tertiary alicyclic amines) is 1. The Hall–Kier alpha value is -2.35. The molecule has 1 saturated heterocycles. The summed E-state index contributed by atoms with van der Waals surface area (Å²) in [6.45, 7) is 4.94. The zero-order valence-corrected chi connectivity index (χ0v) is 20.4. The number of aromatic nitrogens is 2. The number of piperidine rings is 1. The predicted octanol–water partition coefficient (Wildman–Crippen LogP) is 4.96. The Morgan fingerprint density at radius 1 is 1.24 bits per heavy atom. The highest BCUT2D eigenvalue weighted by Gasteiger charge is 2.26. The number of aryl methyl sites for hydroxylation is 1. The van der Waals surface area contributed by atoms with E-state index in [-0.39, 0.29) is 11.8 Å². The largest absolute Gasteiger partial charge is 0.355 e. The summed E-state index contributed by atoms with van der Waals surface area (Å²) in [5, 5.41) is 7.78. The SMILES string of the molecule is Cc1ccc(CSCCNC(=O)C2CCCN(Cc3nc(-c4ccccc4Cl)no3)C2)cc1. The van der Waals surface area contributed by atoms with Gasteiger partial charge in [0.25, 0.3) is 0 Å². The van der Waals surface area contributed by atoms with Crippen LogP contribution in [0, 0.1) is 12.8 Å². The summed E-state index contributed by atoms with van der Waals surface area (Å²) in [6.07, 6.45) is 1.89. The summed E-state index contributed by atoms with van der Waals surface area (Å²) in [7, 11) is 0. The molecule has 2 aromatic carbocycles. The summed E-state index contributed by atoms with van der Waals surface area (Å²) in [4.78, 5) is 19.4. The van der Waals surface area contributed by atoms with Gasteiger partial charge in [0.1, 0.15) is 0 Å². The Balaban J connectivity index is 1.20. The minimum absolute atomic E-state index is 0.00759. The lowest BCUT2D eigenvalue weighted by Gasteiger charge is -2.30. The molecular weight excluding hydrogens is 456 g/mol. The maximum Gasteiger partial charge on any atom is 0.241 e. The summed E-state index contributed by atoms with van der Waals surface area (Å²) in [6, 6.07) is 16.0. The van der Waals surface area contributed by atoms with Crippen LogP contribution in [0.1, 0.15) is 29.9 Å². The smallest absolute Gasteiger partial charge is 0.241 e. The van der Waals surface area contributed by atoms with Crippen LogP contribution in [0.4, 0.5) is 0 Å². The predicted molar refractivity (Wildman–Crippen MR) is 133 cm³/mol. The molecule has 1 aliphatic rings. The molecule has 0 aliphatic carbocycles. The number of rotatable bonds is 9. The Kier molecular flexibility index (Phi) is 8.42. The molecule has 1 N–H and O–H groups in total. The fraction of sp³-hybridized carbons (Fsp3) is 0.400. The van der Waals surface area contributed by atoms with Crippen LogP contribution in [0.5, 0.6) is 0 Å². The van der Waals surface area contributed by atoms with E-state index < -0.39 is 0 Å². The van der Waals surface area contributed by atoms with E-state index in [2.05, 4.69) is 51.5 Å². The Morgan fingerprint density at radius 3 is 2.88 bits per heavy atom. The average molecular weight is 485 g/mol. The topological polar surface area (TPSA) is 71.3 Å². The third-order valence-corrected chi connectivity index (χ3v) is 7.11. The molecular formula is C25H29ClN4O2S. The van der Waals surface area contributed by atoms with Crippen molar-refractivity contribution < 1.29 is 9.32 Å². The van der Waals surface area contributed by atoms with E-state index in [4.69, 9.17) is 16.1 Å². The van der Waals surface area contributed by atoms with E-state index in [0.717, 1.165) is 36.5 Å². The lowest BCUT2D eigenvalue weighted by Crippen LogP contribution is -2.43. The number of hydrogen-bond donors (Lipinski definition) is 1. The first-order valence-electron chi connectivity index (χ1n) is 11.3. The van der Waals surface area contributed by atoms with Gasteiger partial charge in [-0.1, -0.05) is 58.7 Å². The first kappa shape index (κ1) is 23.8. The van der Waals surface area contributed by atoms with Gasteiger partial charge in [0.05, 0.1) is 17.5 Å². The second kappa shape index (κ2) is 11.7. The fourth-order valence-corrected chi connectivity index (χ4v) is 4.98. The van der Waals surface area contributed by atoms with Crippen LogP contribution in [0.2, 0.25) is 5.02 Å². The van der Waals surface area contributed by atoms with Crippen molar-refractivity contribution in [3.05, 3.63) is 70.6 Å². The van der Waals surface area contributed by atoms with E-state index in [0.29, 0.717) is 36.4 Å². The van der Waals surface area contributed by atoms with Crippen molar-refractivity contribution in [2.75, 3.05) is 25.4 Å². The van der Waals surface area contributed by atoms with Crippen molar-refractivity contribution in [1.82, 2.24) is 20.4 Å². The van der Waals surface area contributed by atoms with Gasteiger partial charge in [-0.05, 0) is 44.0 Å². The van der Waals surface area contributed by atoms with Gasteiger partial charge in [0.15, 0.2) is 0 Å². The fourth-order valence-electron chi connectivity index (χ4n) is 3.94. The van der Waals surface area contributed by atoms with Crippen LogP contribution in [-0.4, -0.2) is 46.3 Å². The molecule has 1 fully saturated rings. The second-order valence-electron chi connectivity index (χ2n) is 8.40. The molecule has 2 heterocycles. The van der Waals surface area contributed by atoms with Gasteiger partial charge in [-0.3, -0.25) is 9.69 Å². The number of nitrogens with one attached hydrogen (secondary N) is 1. The number of halogens is 1. The van der Waals surface area contributed by atoms with E-state index in [9.17, 15) is 4.79 Å². The van der Waals surface area contributed by atoms with Crippen LogP contribution in [0.3, 0.4) is 0 Å². The van der Waals surface area contributed by atoms with Crippen molar-refractivity contribution in [2.24, 2.45) is 5.92 Å². The highest BCUT2D eigenvalue weighted by molar-refractivity contribution is 7.98. The lowest BCUT2D eigenvalue weighted by molar-refractivity contribution is -0.126. The zero-order valence-electron chi connectivity index (χ0n) is 18.8. The Labute approximate surface area is 204 Å². The second-order valence-corrected chi connectivity index (χ2v) is 9.91. The van der Waals surface area contributed by atoms with E-state index >= 15 is 0 Å². The number of carbonyl (C=O) groups is 1. The molecule has 174 valence electrons. The molecule has 6 nitrogen and oxygen atoms in total. The van der Waals surface area contributed by atoms with Crippen LogP contribution in [-0.2, 0) is 17.1 Å². The molecule has 1 aromatic heterocycles. The molecule has 33 heavy (non-hydrogen) atoms. The quantitative estimate of drug-likeness (QED) is 0.433. The summed E-state index contributed by atoms with van der Waals surface area (Å²) in [5.41, 5.74) is 3.35. The lowest BCUT2D eigenvalue weighted by atomic mass is 9.97. The van der Waals surface area contributed by atoms with Gasteiger partial charge in [-0.2, -0.15) is 16.7 Å². The zero-order chi connectivity index (χ0) is 23.0. The molecule has 3 aromatic rings. The van der Waals surface area contributed by atoms with Crippen molar-refractivity contribution >= 4 is 29.3 Å². The summed E-state index contributed by atoms with van der Waals surface area (Å²) >= 11 is 8.08. The minimum atomic E-state index is -0.00759. The highest BCUT2D eigenvalue weighted by Crippen LogP contribution is 2.25. The van der Waals surface area contributed by atoms with Gasteiger partial charge >= 0.3 is 0 Å². The molecule has 1 aliphatic heterocycles. The van der Waals surface area contributed by atoms with E-state index in [1.165, 1.54) is 11.1 Å². The van der Waals surface area contributed by atoms with Crippen molar-refractivity contribution in [3.8, 4) is 11.4 Å². The standard InChI is InChI=1S/C25H29ClN4O2S/c1-18-8-10-19(11-9-18)17-33-14-12-27-25(31)20-5-4-13-30(15-20)16-23-28-24(29-32-23)21-6-2-3-7-22(21)26/h2-3,6-11,20H,4-5,12-17H2,1H3,(H,27,31). The molecule has 0 radical (unpaired) electrons. The number of hydrogen-bond acceptors (Lipinski definition) is 6. The third-order valence-electron chi connectivity index (χ3n) is 5.75. The molecule has 0 bridgehead atoms. The van der Waals surface area contributed by atoms with Gasteiger partial charge < -0.3 is 9.84 Å². The highest BCUT2D eigenvalue weighted by atomic mass is 35.5. The normalized spacial score (nSPS) is 16.6. The van der Waals surface area contributed by atoms with Crippen molar-refractivity contribution in [1.29, 1.82) is 0 Å². The number of thioether (sulfide) groups is 1. The van der Waals surface area contributed by atoms with E-state index in [1.54, 1.807) is 0 Å². The van der Waals surface area contributed by atoms with Gasteiger partial charge in [0, 0.05) is 30.2 Å². The van der Waals surface area contributed by atoms with E-state index in [1.807, 2.05) is 36.0 Å². The number of nitrogens with zero attached hydrogens (tertiary/aromatic N) is 3. The molecule has 0 spiro atoms. The number of carbonyl (C=O) groups excluding carboxylic acids is 1. The molecule has 0 saturated carbocycles. The number of benzene rings is 2. The Morgan fingerprint density at radius 2 is 2.06 bits per heavy atom. The van der Waals surface area contributed by atoms with Crippen LogP contribution < -0.4 is 5.32 Å². The molecule has 1 atom stereocenters. The van der Waals surface area contributed by atoms with Crippen LogP contribution in [0.25, 0.3) is 11.4 Å². The van der Waals surface area contributed by atoms with Gasteiger partial charge in [0.2, 0.25) is 17.6 Å². The maximum atomic E-state index is 12.7. The minimum Gasteiger partial charge on any atom is -0.355 e. The molecule has 8 heteroatoms. The molecule has 4 rings (SSSR count). The van der Waals surface area contributed by atoms with Crippen molar-refractivity contribution in [3.63, 3.8) is 0 Å². The van der Waals surface area contributed by atoms with Crippen molar-refractivity contribution in [2.45, 2.75) is 32.1 Å². The molecule has 1 unspecified atom stereocenters. The maximum absolute atomic E-state index is 12.7. The monoisotopic (exact) mass is 484 g/mol. The van der Waals surface area contributed by atoms with Crippen LogP contribution >= 0.6 is 23.4 Å². The summed E-state index contributed by atoms with van der Waals surface area (Å²) in [5.74, 6) is 3.03. The first-order chi connectivity index (χ1) is 16.1. The first-order valence-corrected chi connectivity index (χ1v) is 12.8. The van der Waals surface area contributed by atoms with Gasteiger partial charge in [-0.15, -0.1) is 0 Å². The van der Waals surface area contributed by atoms with Gasteiger partial charge in [-0.25, -0.2) is 0 Å². The third kappa shape index (κ3) is 6.82. The molecule has 1 amide bonds. The number of amides is 1. The summed E-state index contributed by atoms with van der Waals surface area (Å²) < 4.78 is 5.44. The average Bonchev–Trinajstić information content (AvgIpc) is 3.28. The Bertz CT molecular complexity index is 1060. The van der Waals surface area contributed by atoms with Crippen LogP contribution in [0.15, 0.2) is 53.1 Å².